The number of morpholine rings is 1. The minimum absolute atomic E-state index is 0.0159. The molecular weight excluding hydrogens is 332 g/mol. The molecule has 0 aliphatic carbocycles. The van der Waals surface area contributed by atoms with E-state index in [0.29, 0.717) is 31.5 Å². The van der Waals surface area contributed by atoms with Gasteiger partial charge in [-0.25, -0.2) is 13.2 Å². The Hall–Kier alpha value is -1.61. The molecule has 0 aromatic carbocycles. The molecule has 1 fully saturated rings. The van der Waals surface area contributed by atoms with Crippen molar-refractivity contribution in [1.82, 2.24) is 14.7 Å². The van der Waals surface area contributed by atoms with Crippen molar-refractivity contribution < 1.29 is 17.9 Å². The van der Waals surface area contributed by atoms with Gasteiger partial charge in [0.15, 0.2) is 5.82 Å². The van der Waals surface area contributed by atoms with Crippen LogP contribution in [-0.4, -0.2) is 66.9 Å². The molecule has 2 heterocycles. The highest BCUT2D eigenvalue weighted by Crippen LogP contribution is 2.17. The van der Waals surface area contributed by atoms with Crippen LogP contribution >= 0.6 is 0 Å². The van der Waals surface area contributed by atoms with Gasteiger partial charge >= 0.3 is 6.03 Å². The summed E-state index contributed by atoms with van der Waals surface area (Å²) in [5, 5.41) is 6.98. The zero-order chi connectivity index (χ0) is 17.7. The van der Waals surface area contributed by atoms with E-state index in [0.717, 1.165) is 6.42 Å². The first-order chi connectivity index (χ1) is 11.2. The number of carbonyl (C=O) groups excluding carboxylic acids is 1. The molecule has 2 rings (SSSR count). The van der Waals surface area contributed by atoms with Gasteiger partial charge in [0.05, 0.1) is 31.6 Å². The van der Waals surface area contributed by atoms with Crippen molar-refractivity contribution in [3.05, 3.63) is 12.3 Å². The van der Waals surface area contributed by atoms with Gasteiger partial charge in [0.1, 0.15) is 9.84 Å². The summed E-state index contributed by atoms with van der Waals surface area (Å²) in [4.78, 5) is 14.3. The van der Waals surface area contributed by atoms with Crippen molar-refractivity contribution in [1.29, 1.82) is 0 Å². The summed E-state index contributed by atoms with van der Waals surface area (Å²) in [5.74, 6) is 0.910. The van der Waals surface area contributed by atoms with Gasteiger partial charge in [0, 0.05) is 25.1 Å². The molecule has 0 unspecified atom stereocenters. The van der Waals surface area contributed by atoms with E-state index in [1.54, 1.807) is 17.2 Å². The third kappa shape index (κ3) is 5.79. The van der Waals surface area contributed by atoms with Gasteiger partial charge in [-0.2, -0.15) is 5.10 Å². The Morgan fingerprint density at radius 3 is 2.92 bits per heavy atom. The Morgan fingerprint density at radius 2 is 2.25 bits per heavy atom. The van der Waals surface area contributed by atoms with Gasteiger partial charge in [-0.15, -0.1) is 0 Å². The minimum atomic E-state index is -3.04. The van der Waals surface area contributed by atoms with Crippen LogP contribution in [0.5, 0.6) is 0 Å². The number of nitrogens with zero attached hydrogens (tertiary/aromatic N) is 3. The maximum Gasteiger partial charge on any atom is 0.323 e. The van der Waals surface area contributed by atoms with Crippen molar-refractivity contribution in [3.63, 3.8) is 0 Å². The lowest BCUT2D eigenvalue weighted by molar-refractivity contribution is 0.00855. The van der Waals surface area contributed by atoms with Gasteiger partial charge in [-0.05, 0) is 12.3 Å². The second kappa shape index (κ2) is 7.98. The molecule has 2 amide bonds. The van der Waals surface area contributed by atoms with Crippen molar-refractivity contribution in [3.8, 4) is 0 Å². The minimum Gasteiger partial charge on any atom is -0.377 e. The lowest BCUT2D eigenvalue weighted by Gasteiger charge is -2.36. The first-order valence-electron chi connectivity index (χ1n) is 8.11. The summed E-state index contributed by atoms with van der Waals surface area (Å²) in [6.07, 6.45) is 3.73. The number of nitrogens with one attached hydrogen (secondary N) is 1. The molecule has 24 heavy (non-hydrogen) atoms. The summed E-state index contributed by atoms with van der Waals surface area (Å²) < 4.78 is 29.4. The average Bonchev–Trinajstić information content (AvgIpc) is 2.92. The van der Waals surface area contributed by atoms with Gasteiger partial charge in [0.25, 0.3) is 0 Å². The number of urea groups is 1. The fraction of sp³-hybridized carbons (Fsp3) is 0.733. The fourth-order valence-electron chi connectivity index (χ4n) is 2.66. The van der Waals surface area contributed by atoms with Crippen molar-refractivity contribution in [2.75, 3.05) is 37.1 Å². The highest BCUT2D eigenvalue weighted by atomic mass is 32.2. The maximum atomic E-state index is 12.5. The topological polar surface area (TPSA) is 93.5 Å². The monoisotopic (exact) mass is 358 g/mol. The van der Waals surface area contributed by atoms with Crippen LogP contribution < -0.4 is 5.32 Å². The van der Waals surface area contributed by atoms with Gasteiger partial charge in [0.2, 0.25) is 0 Å². The second-order valence-corrected chi connectivity index (χ2v) is 8.84. The molecule has 8 nitrogen and oxygen atoms in total. The summed E-state index contributed by atoms with van der Waals surface area (Å²) >= 11 is 0. The number of aryl methyl sites for hydroxylation is 1. The van der Waals surface area contributed by atoms with E-state index in [1.165, 1.54) is 10.9 Å². The Balaban J connectivity index is 1.94. The van der Waals surface area contributed by atoms with Crippen molar-refractivity contribution >= 4 is 21.7 Å². The average molecular weight is 358 g/mol. The molecule has 0 bridgehead atoms. The number of hydrogen-bond acceptors (Lipinski definition) is 5. The van der Waals surface area contributed by atoms with E-state index in [9.17, 15) is 13.2 Å². The van der Waals surface area contributed by atoms with Crippen LogP contribution in [0.15, 0.2) is 12.3 Å². The normalized spacial score (nSPS) is 18.8. The van der Waals surface area contributed by atoms with Crippen LogP contribution in [0.1, 0.15) is 20.3 Å². The molecule has 1 saturated heterocycles. The lowest BCUT2D eigenvalue weighted by atomic mass is 10.0. The third-order valence-corrected chi connectivity index (χ3v) is 4.72. The number of sulfone groups is 1. The highest BCUT2D eigenvalue weighted by molar-refractivity contribution is 7.90. The summed E-state index contributed by atoms with van der Waals surface area (Å²) in [7, 11) is -3.04. The number of ether oxygens (including phenoxy) is 1. The van der Waals surface area contributed by atoms with Crippen LogP contribution in [0.3, 0.4) is 0 Å². The second-order valence-electron chi connectivity index (χ2n) is 6.58. The molecule has 1 aromatic rings. The molecule has 0 saturated carbocycles. The smallest absolute Gasteiger partial charge is 0.323 e. The van der Waals surface area contributed by atoms with Gasteiger partial charge in [-0.3, -0.25) is 10.00 Å². The lowest BCUT2D eigenvalue weighted by Crippen LogP contribution is -2.50. The molecule has 1 aromatic heterocycles. The SMILES string of the molecule is CC(C)C[C@H]1COCCN1C(=O)Nc1ccn(CCS(C)(=O)=O)n1. The van der Waals surface area contributed by atoms with E-state index < -0.39 is 9.84 Å². The van der Waals surface area contributed by atoms with E-state index in [4.69, 9.17) is 4.74 Å². The summed E-state index contributed by atoms with van der Waals surface area (Å²) in [5.41, 5.74) is 0. The largest absolute Gasteiger partial charge is 0.377 e. The molecular formula is C15H26N4O4S. The Bertz CT molecular complexity index is 656. The molecule has 0 radical (unpaired) electrons. The maximum absolute atomic E-state index is 12.5. The highest BCUT2D eigenvalue weighted by Gasteiger charge is 2.28. The fourth-order valence-corrected chi connectivity index (χ4v) is 3.17. The van der Waals surface area contributed by atoms with Gasteiger partial charge < -0.3 is 9.64 Å². The third-order valence-electron chi connectivity index (χ3n) is 3.80. The number of rotatable bonds is 6. The zero-order valence-corrected chi connectivity index (χ0v) is 15.3. The molecule has 1 atom stereocenters. The molecule has 1 aliphatic rings. The van der Waals surface area contributed by atoms with Crippen LogP contribution in [0.25, 0.3) is 0 Å². The molecule has 1 aliphatic heterocycles. The first-order valence-corrected chi connectivity index (χ1v) is 10.2. The Labute approximate surface area is 143 Å². The van der Waals surface area contributed by atoms with E-state index in [-0.39, 0.29) is 24.4 Å². The number of aromatic nitrogens is 2. The molecule has 9 heteroatoms. The number of amides is 2. The van der Waals surface area contributed by atoms with E-state index in [2.05, 4.69) is 24.3 Å². The number of anilines is 1. The van der Waals surface area contributed by atoms with Crippen LogP contribution in [0.4, 0.5) is 10.6 Å². The van der Waals surface area contributed by atoms with Crippen LogP contribution in [-0.2, 0) is 21.1 Å². The molecule has 1 N–H and O–H groups in total. The van der Waals surface area contributed by atoms with E-state index >= 15 is 0 Å². The predicted octanol–water partition coefficient (Wildman–Crippen LogP) is 1.21. The zero-order valence-electron chi connectivity index (χ0n) is 14.4. The van der Waals surface area contributed by atoms with Crippen molar-refractivity contribution in [2.45, 2.75) is 32.9 Å². The van der Waals surface area contributed by atoms with Crippen LogP contribution in [0, 0.1) is 5.92 Å². The quantitative estimate of drug-likeness (QED) is 0.825. The number of hydrogen-bond donors (Lipinski definition) is 1. The van der Waals surface area contributed by atoms with Crippen molar-refractivity contribution in [2.24, 2.45) is 5.92 Å². The Morgan fingerprint density at radius 1 is 1.50 bits per heavy atom. The summed E-state index contributed by atoms with van der Waals surface area (Å²) in [6, 6.07) is 1.53. The molecule has 0 spiro atoms. The van der Waals surface area contributed by atoms with Crippen LogP contribution in [0.2, 0.25) is 0 Å². The van der Waals surface area contributed by atoms with Gasteiger partial charge in [-0.1, -0.05) is 13.8 Å². The number of carbonyl (C=O) groups is 1. The van der Waals surface area contributed by atoms with E-state index in [1.807, 2.05) is 0 Å². The summed E-state index contributed by atoms with van der Waals surface area (Å²) in [6.45, 7) is 6.14. The standard InChI is InChI=1S/C15H26N4O4S/c1-12(2)10-13-11-23-8-6-19(13)15(20)16-14-4-5-18(17-14)7-9-24(3,21)22/h4-5,12-13H,6-11H2,1-3H3,(H,16,17,20)/t13-/m0/s1. The Kier molecular flexibility index (Phi) is 6.22. The predicted molar refractivity (Wildman–Crippen MR) is 91.7 cm³/mol. The molecule has 136 valence electrons. The first kappa shape index (κ1) is 18.7.